The molecule has 5 nitrogen and oxygen atoms in total. The molecule has 0 aromatic rings. The molecule has 0 amide bonds. The molecule has 9 heavy (non-hydrogen) atoms. The lowest BCUT2D eigenvalue weighted by Crippen LogP contribution is -2.29. The Kier molecular flexibility index (Phi) is 4.55. The monoisotopic (exact) mass is 136 g/mol. The minimum atomic E-state index is 0.0182. The van der Waals surface area contributed by atoms with Crippen LogP contribution in [0.1, 0.15) is 6.92 Å². The highest BCUT2D eigenvalue weighted by molar-refractivity contribution is 4.39. The minimum Gasteiger partial charge on any atom is -0.314 e. The lowest BCUT2D eigenvalue weighted by molar-refractivity contribution is -0.312. The third-order valence-corrected chi connectivity index (χ3v) is 0.923. The van der Waals surface area contributed by atoms with Crippen molar-refractivity contribution in [3.05, 3.63) is 0 Å². The van der Waals surface area contributed by atoms with E-state index in [-0.39, 0.29) is 18.3 Å². The van der Waals surface area contributed by atoms with E-state index in [1.165, 1.54) is 0 Å². The van der Waals surface area contributed by atoms with E-state index in [4.69, 9.17) is 15.6 Å². The molecule has 0 saturated heterocycles. The molecule has 0 rings (SSSR count). The topological polar surface area (TPSA) is 67.2 Å². The summed E-state index contributed by atoms with van der Waals surface area (Å²) < 4.78 is 0. The second-order valence-electron chi connectivity index (χ2n) is 1.64. The SMILES string of the molecule is CCN(O)CCN(O)O. The van der Waals surface area contributed by atoms with Gasteiger partial charge in [-0.2, -0.15) is 5.06 Å². The van der Waals surface area contributed by atoms with E-state index < -0.39 is 0 Å². The highest BCUT2D eigenvalue weighted by atomic mass is 16.8. The number of nitrogens with zero attached hydrogens (tertiary/aromatic N) is 2. The first kappa shape index (κ1) is 8.80. The summed E-state index contributed by atoms with van der Waals surface area (Å²) in [5.74, 6) is 0. The summed E-state index contributed by atoms with van der Waals surface area (Å²) in [6.07, 6.45) is 0. The minimum absolute atomic E-state index is 0.0182. The fourth-order valence-corrected chi connectivity index (χ4v) is 0.363. The second kappa shape index (κ2) is 4.66. The number of rotatable bonds is 4. The van der Waals surface area contributed by atoms with Gasteiger partial charge in [-0.05, 0) is 0 Å². The standard InChI is InChI=1S/C4H12N2O3/c1-2-5(7)3-4-6(8)9/h7-9H,2-4H2,1H3. The predicted octanol–water partition coefficient (Wildman–Crippen LogP) is -0.222. The largest absolute Gasteiger partial charge is 0.314 e. The van der Waals surface area contributed by atoms with Crippen LogP contribution in [-0.2, 0) is 0 Å². The van der Waals surface area contributed by atoms with E-state index in [0.29, 0.717) is 6.54 Å². The normalized spacial score (nSPS) is 11.3. The van der Waals surface area contributed by atoms with Gasteiger partial charge in [0.25, 0.3) is 0 Å². The highest BCUT2D eigenvalue weighted by Crippen LogP contribution is 1.80. The summed E-state index contributed by atoms with van der Waals surface area (Å²) in [6.45, 7) is 2.49. The molecule has 0 aliphatic carbocycles. The van der Waals surface area contributed by atoms with Crippen molar-refractivity contribution in [1.29, 1.82) is 0 Å². The second-order valence-corrected chi connectivity index (χ2v) is 1.64. The number of hydrogen-bond acceptors (Lipinski definition) is 5. The Morgan fingerprint density at radius 1 is 1.11 bits per heavy atom. The van der Waals surface area contributed by atoms with Crippen molar-refractivity contribution < 1.29 is 15.6 Å². The van der Waals surface area contributed by atoms with Gasteiger partial charge in [0, 0.05) is 13.1 Å². The smallest absolute Gasteiger partial charge is 0.0663 e. The molecular formula is C4H12N2O3. The maximum atomic E-state index is 8.69. The van der Waals surface area contributed by atoms with Gasteiger partial charge in [0.2, 0.25) is 0 Å². The van der Waals surface area contributed by atoms with Gasteiger partial charge in [-0.3, -0.25) is 10.4 Å². The van der Waals surface area contributed by atoms with E-state index >= 15 is 0 Å². The van der Waals surface area contributed by atoms with Crippen LogP contribution in [-0.4, -0.2) is 45.5 Å². The van der Waals surface area contributed by atoms with Crippen LogP contribution in [0, 0.1) is 0 Å². The van der Waals surface area contributed by atoms with E-state index in [9.17, 15) is 0 Å². The average molecular weight is 136 g/mol. The van der Waals surface area contributed by atoms with Crippen molar-refractivity contribution >= 4 is 0 Å². The third kappa shape index (κ3) is 5.67. The van der Waals surface area contributed by atoms with Crippen LogP contribution in [0.25, 0.3) is 0 Å². The zero-order chi connectivity index (χ0) is 7.28. The van der Waals surface area contributed by atoms with Crippen molar-refractivity contribution in [2.75, 3.05) is 19.6 Å². The molecule has 0 saturated carbocycles. The van der Waals surface area contributed by atoms with Crippen LogP contribution in [0.15, 0.2) is 0 Å². The molecule has 0 aliphatic heterocycles. The first-order valence-corrected chi connectivity index (χ1v) is 2.76. The Morgan fingerprint density at radius 2 is 1.67 bits per heavy atom. The number of likely N-dealkylation sites (N-methyl/N-ethyl adjacent to an activating group) is 1. The average Bonchev–Trinajstić information content (AvgIpc) is 1.83. The first-order valence-electron chi connectivity index (χ1n) is 2.76. The van der Waals surface area contributed by atoms with Crippen molar-refractivity contribution in [3.8, 4) is 0 Å². The maximum Gasteiger partial charge on any atom is 0.0663 e. The van der Waals surface area contributed by atoms with E-state index in [1.807, 2.05) is 0 Å². The number of hydrogen-bond donors (Lipinski definition) is 3. The molecule has 0 aliphatic rings. The zero-order valence-corrected chi connectivity index (χ0v) is 5.36. The molecule has 0 spiro atoms. The van der Waals surface area contributed by atoms with Crippen LogP contribution in [0.4, 0.5) is 0 Å². The molecule has 0 heterocycles. The Hall–Kier alpha value is -0.200. The molecule has 0 unspecified atom stereocenters. The Bertz CT molecular complexity index is 68.8. The van der Waals surface area contributed by atoms with Gasteiger partial charge in [0.1, 0.15) is 0 Å². The van der Waals surface area contributed by atoms with Crippen LogP contribution < -0.4 is 0 Å². The van der Waals surface area contributed by atoms with E-state index in [1.54, 1.807) is 6.92 Å². The van der Waals surface area contributed by atoms with Gasteiger partial charge >= 0.3 is 0 Å². The molecule has 56 valence electrons. The maximum absolute atomic E-state index is 8.69. The van der Waals surface area contributed by atoms with Crippen LogP contribution >= 0.6 is 0 Å². The third-order valence-electron chi connectivity index (χ3n) is 0.923. The molecular weight excluding hydrogens is 124 g/mol. The van der Waals surface area contributed by atoms with Crippen molar-refractivity contribution in [2.45, 2.75) is 6.92 Å². The van der Waals surface area contributed by atoms with Gasteiger partial charge in [-0.25, -0.2) is 0 Å². The van der Waals surface area contributed by atoms with Crippen LogP contribution in [0.2, 0.25) is 0 Å². The van der Waals surface area contributed by atoms with Gasteiger partial charge in [0.05, 0.1) is 6.54 Å². The van der Waals surface area contributed by atoms with Crippen molar-refractivity contribution in [3.63, 3.8) is 0 Å². The lowest BCUT2D eigenvalue weighted by Gasteiger charge is -2.12. The van der Waals surface area contributed by atoms with E-state index in [0.717, 1.165) is 5.06 Å². The summed E-state index contributed by atoms with van der Waals surface area (Å²) in [4.78, 5) is 0. The Morgan fingerprint density at radius 3 is 2.00 bits per heavy atom. The van der Waals surface area contributed by atoms with Gasteiger partial charge < -0.3 is 5.21 Å². The van der Waals surface area contributed by atoms with Gasteiger partial charge in [0.15, 0.2) is 0 Å². The lowest BCUT2D eigenvalue weighted by atomic mass is 10.6. The predicted molar refractivity (Wildman–Crippen MR) is 29.3 cm³/mol. The zero-order valence-electron chi connectivity index (χ0n) is 5.36. The molecule has 0 atom stereocenters. The first-order chi connectivity index (χ1) is 4.16. The fourth-order valence-electron chi connectivity index (χ4n) is 0.363. The molecule has 0 bridgehead atoms. The Labute approximate surface area is 53.6 Å². The molecule has 5 heteroatoms. The van der Waals surface area contributed by atoms with E-state index in [2.05, 4.69) is 0 Å². The summed E-state index contributed by atoms with van der Waals surface area (Å²) in [6, 6.07) is 0. The molecule has 3 N–H and O–H groups in total. The fraction of sp³-hybridized carbons (Fsp3) is 1.00. The molecule has 0 aromatic carbocycles. The molecule has 0 aromatic heterocycles. The summed E-state index contributed by atoms with van der Waals surface area (Å²) in [7, 11) is 0. The Balaban J connectivity index is 3.06. The highest BCUT2D eigenvalue weighted by Gasteiger charge is 1.97. The van der Waals surface area contributed by atoms with Crippen molar-refractivity contribution in [2.24, 2.45) is 0 Å². The molecule has 0 radical (unpaired) electrons. The van der Waals surface area contributed by atoms with Crippen molar-refractivity contribution in [1.82, 2.24) is 10.3 Å². The summed E-state index contributed by atoms with van der Waals surface area (Å²) in [5.41, 5.74) is 0. The van der Waals surface area contributed by atoms with Gasteiger partial charge in [-0.15, -0.1) is 0 Å². The van der Waals surface area contributed by atoms with Crippen LogP contribution in [0.3, 0.4) is 0 Å². The summed E-state index contributed by atoms with van der Waals surface area (Å²) in [5, 5.41) is 26.0. The van der Waals surface area contributed by atoms with Gasteiger partial charge in [-0.1, -0.05) is 12.2 Å². The molecule has 0 fully saturated rings. The quantitative estimate of drug-likeness (QED) is 0.466. The number of hydroxylamine groups is 4. The summed E-state index contributed by atoms with van der Waals surface area (Å²) >= 11 is 0. The van der Waals surface area contributed by atoms with Crippen LogP contribution in [0.5, 0.6) is 0 Å².